The van der Waals surface area contributed by atoms with E-state index >= 15 is 0 Å². The van der Waals surface area contributed by atoms with E-state index in [1.54, 1.807) is 0 Å². The third kappa shape index (κ3) is 9.22. The van der Waals surface area contributed by atoms with Crippen LogP contribution in [0.3, 0.4) is 0 Å². The zero-order chi connectivity index (χ0) is 26.6. The van der Waals surface area contributed by atoms with Crippen molar-refractivity contribution in [3.63, 3.8) is 0 Å². The van der Waals surface area contributed by atoms with E-state index < -0.39 is 17.6 Å². The molecule has 0 radical (unpaired) electrons. The van der Waals surface area contributed by atoms with Crippen molar-refractivity contribution in [1.29, 1.82) is 0 Å². The molecule has 2 fully saturated rings. The Labute approximate surface area is 221 Å². The van der Waals surface area contributed by atoms with Gasteiger partial charge in [0.25, 0.3) is 0 Å². The van der Waals surface area contributed by atoms with Crippen LogP contribution in [0.15, 0.2) is 24.8 Å². The van der Waals surface area contributed by atoms with Crippen molar-refractivity contribution < 1.29 is 27.8 Å². The summed E-state index contributed by atoms with van der Waals surface area (Å²) in [5.41, 5.74) is 0.0204. The van der Waals surface area contributed by atoms with E-state index in [1.165, 1.54) is 38.5 Å². The monoisotopic (exact) mass is 518 g/mol. The van der Waals surface area contributed by atoms with Crippen molar-refractivity contribution in [3.05, 3.63) is 42.0 Å². The first-order chi connectivity index (χ1) is 17.9. The van der Waals surface area contributed by atoms with E-state index in [0.29, 0.717) is 25.4 Å². The fraction of sp³-hybridized carbons (Fsp3) is 0.677. The Balaban J connectivity index is 1.38. The predicted molar refractivity (Wildman–Crippen MR) is 141 cm³/mol. The molecule has 0 bridgehead atoms. The van der Waals surface area contributed by atoms with Crippen molar-refractivity contribution in [1.82, 2.24) is 0 Å². The lowest BCUT2D eigenvalue weighted by molar-refractivity contribution is -0.140. The number of esters is 2. The molecule has 2 saturated carbocycles. The number of carbonyl (C=O) groups is 2. The molecule has 0 amide bonds. The summed E-state index contributed by atoms with van der Waals surface area (Å²) < 4.78 is 39.5. The van der Waals surface area contributed by atoms with E-state index in [-0.39, 0.29) is 29.6 Å². The first-order valence-corrected chi connectivity index (χ1v) is 14.4. The zero-order valence-corrected chi connectivity index (χ0v) is 22.5. The number of benzene rings is 1. The van der Waals surface area contributed by atoms with Crippen LogP contribution in [-0.2, 0) is 20.7 Å². The van der Waals surface area contributed by atoms with Crippen LogP contribution in [0.4, 0.5) is 8.78 Å². The molecule has 2 aliphatic rings. The second kappa shape index (κ2) is 15.2. The summed E-state index contributed by atoms with van der Waals surface area (Å²) in [6.07, 6.45) is 15.9. The van der Waals surface area contributed by atoms with Crippen LogP contribution < -0.4 is 4.74 Å². The van der Waals surface area contributed by atoms with Gasteiger partial charge in [-0.2, -0.15) is 0 Å². The molecule has 4 nitrogen and oxygen atoms in total. The molecule has 0 aromatic heterocycles. The third-order valence-electron chi connectivity index (χ3n) is 8.43. The van der Waals surface area contributed by atoms with Crippen LogP contribution in [0.5, 0.6) is 5.75 Å². The van der Waals surface area contributed by atoms with Gasteiger partial charge in [0.15, 0.2) is 0 Å². The Bertz CT molecular complexity index is 860. The lowest BCUT2D eigenvalue weighted by atomic mass is 9.69. The molecule has 0 aliphatic heterocycles. The highest BCUT2D eigenvalue weighted by Gasteiger charge is 2.33. The van der Waals surface area contributed by atoms with Crippen LogP contribution in [0, 0.1) is 35.3 Å². The Kier molecular flexibility index (Phi) is 12.1. The number of hydrogen-bond donors (Lipinski definition) is 0. The maximum Gasteiger partial charge on any atom is 0.330 e. The van der Waals surface area contributed by atoms with Crippen LogP contribution in [0.25, 0.3) is 0 Å². The molecule has 206 valence electrons. The largest absolute Gasteiger partial charge is 0.463 e. The minimum atomic E-state index is -0.676. The van der Waals surface area contributed by atoms with Gasteiger partial charge in [-0.1, -0.05) is 52.0 Å². The predicted octanol–water partition coefficient (Wildman–Crippen LogP) is 8.12. The van der Waals surface area contributed by atoms with Crippen molar-refractivity contribution in [2.75, 3.05) is 6.61 Å². The SMILES string of the molecule is C=CC(=O)OCCCCCCc1c(F)cc(OC(=O)C2CCC(C3CCC(CCC)CC3)CC2)cc1F. The summed E-state index contributed by atoms with van der Waals surface area (Å²) in [6.45, 7) is 5.92. The summed E-state index contributed by atoms with van der Waals surface area (Å²) in [7, 11) is 0. The van der Waals surface area contributed by atoms with E-state index in [4.69, 9.17) is 9.47 Å². The summed E-state index contributed by atoms with van der Waals surface area (Å²) >= 11 is 0. The molecule has 0 atom stereocenters. The van der Waals surface area contributed by atoms with Gasteiger partial charge in [-0.15, -0.1) is 0 Å². The molecule has 0 unspecified atom stereocenters. The van der Waals surface area contributed by atoms with E-state index in [0.717, 1.165) is 68.6 Å². The van der Waals surface area contributed by atoms with Crippen LogP contribution in [-0.4, -0.2) is 18.5 Å². The fourth-order valence-corrected chi connectivity index (χ4v) is 6.25. The Morgan fingerprint density at radius 3 is 2.11 bits per heavy atom. The minimum absolute atomic E-state index is 0.0204. The normalized spacial score (nSPS) is 23.9. The third-order valence-corrected chi connectivity index (χ3v) is 8.43. The van der Waals surface area contributed by atoms with Gasteiger partial charge in [-0.05, 0) is 75.5 Å². The molecule has 37 heavy (non-hydrogen) atoms. The van der Waals surface area contributed by atoms with Crippen molar-refractivity contribution in [2.24, 2.45) is 23.7 Å². The highest BCUT2D eigenvalue weighted by molar-refractivity contribution is 5.81. The second-order valence-corrected chi connectivity index (χ2v) is 11.0. The van der Waals surface area contributed by atoms with Gasteiger partial charge in [-0.3, -0.25) is 4.79 Å². The molecule has 6 heteroatoms. The Morgan fingerprint density at radius 2 is 1.51 bits per heavy atom. The molecule has 3 rings (SSSR count). The number of unbranched alkanes of at least 4 members (excludes halogenated alkanes) is 3. The van der Waals surface area contributed by atoms with Gasteiger partial charge >= 0.3 is 11.9 Å². The van der Waals surface area contributed by atoms with Crippen molar-refractivity contribution in [3.8, 4) is 5.75 Å². The first kappa shape index (κ1) is 29.3. The number of ether oxygens (including phenoxy) is 2. The van der Waals surface area contributed by atoms with Gasteiger partial charge in [0.05, 0.1) is 12.5 Å². The molecule has 2 aliphatic carbocycles. The number of hydrogen-bond acceptors (Lipinski definition) is 4. The average molecular weight is 519 g/mol. The number of rotatable bonds is 13. The number of halogens is 2. The van der Waals surface area contributed by atoms with E-state index in [2.05, 4.69) is 13.5 Å². The summed E-state index contributed by atoms with van der Waals surface area (Å²) in [5, 5.41) is 0. The Morgan fingerprint density at radius 1 is 0.919 bits per heavy atom. The quantitative estimate of drug-likeness (QED) is 0.115. The lowest BCUT2D eigenvalue weighted by Crippen LogP contribution is -2.30. The Hall–Kier alpha value is -2.24. The summed E-state index contributed by atoms with van der Waals surface area (Å²) in [6, 6.07) is 2.26. The highest BCUT2D eigenvalue weighted by Crippen LogP contribution is 2.42. The first-order valence-electron chi connectivity index (χ1n) is 14.4. The smallest absolute Gasteiger partial charge is 0.330 e. The van der Waals surface area contributed by atoms with Crippen LogP contribution in [0.1, 0.15) is 102 Å². The minimum Gasteiger partial charge on any atom is -0.463 e. The van der Waals surface area contributed by atoms with Gasteiger partial charge in [-0.25, -0.2) is 13.6 Å². The van der Waals surface area contributed by atoms with E-state index in [1.807, 2.05) is 0 Å². The van der Waals surface area contributed by atoms with Gasteiger partial charge in [0.2, 0.25) is 0 Å². The van der Waals surface area contributed by atoms with E-state index in [9.17, 15) is 18.4 Å². The maximum absolute atomic E-state index is 14.6. The zero-order valence-electron chi connectivity index (χ0n) is 22.5. The molecule has 1 aromatic carbocycles. The highest BCUT2D eigenvalue weighted by atomic mass is 19.1. The topological polar surface area (TPSA) is 52.6 Å². The fourth-order valence-electron chi connectivity index (χ4n) is 6.25. The average Bonchev–Trinajstić information content (AvgIpc) is 2.90. The molecule has 0 saturated heterocycles. The summed E-state index contributed by atoms with van der Waals surface area (Å²) in [4.78, 5) is 23.7. The molecule has 1 aromatic rings. The lowest BCUT2D eigenvalue weighted by Gasteiger charge is -2.37. The second-order valence-electron chi connectivity index (χ2n) is 11.0. The summed E-state index contributed by atoms with van der Waals surface area (Å²) in [5.74, 6) is -0.0196. The molecule has 0 spiro atoms. The molecule has 0 N–H and O–H groups in total. The molecular formula is C31H44F2O4. The molecule has 0 heterocycles. The van der Waals surface area contributed by atoms with Gasteiger partial charge < -0.3 is 9.47 Å². The standard InChI is InChI=1S/C31H44F2O4/c1-3-9-22-11-13-23(14-12-22)24-15-17-25(18-16-24)31(35)37-26-20-28(32)27(29(33)21-26)10-7-5-6-8-19-36-30(34)4-2/h4,20-25H,2-3,5-19H2,1H3. The van der Waals surface area contributed by atoms with Crippen molar-refractivity contribution >= 4 is 11.9 Å². The number of carbonyl (C=O) groups excluding carboxylic acids is 2. The van der Waals surface area contributed by atoms with Crippen molar-refractivity contribution in [2.45, 2.75) is 103 Å². The van der Waals surface area contributed by atoms with Gasteiger partial charge in [0, 0.05) is 23.8 Å². The molecular weight excluding hydrogens is 474 g/mol. The van der Waals surface area contributed by atoms with Gasteiger partial charge in [0.1, 0.15) is 17.4 Å². The van der Waals surface area contributed by atoms with Crippen LogP contribution in [0.2, 0.25) is 0 Å². The van der Waals surface area contributed by atoms with Crippen LogP contribution >= 0.6 is 0 Å². The maximum atomic E-state index is 14.6.